The first-order valence-electron chi connectivity index (χ1n) is 8.54. The van der Waals surface area contributed by atoms with Crippen molar-refractivity contribution in [2.45, 2.75) is 29.7 Å². The molecule has 4 aromatic rings. The molecule has 130 valence electrons. The van der Waals surface area contributed by atoms with Crippen molar-refractivity contribution in [1.29, 1.82) is 0 Å². The number of imidazole rings is 1. The van der Waals surface area contributed by atoms with Gasteiger partial charge in [-0.15, -0.1) is 10.2 Å². The fraction of sp³-hybridized carbons (Fsp3) is 0.211. The molecule has 1 aliphatic carbocycles. The van der Waals surface area contributed by atoms with Crippen LogP contribution in [-0.2, 0) is 5.75 Å². The molecular weight excluding hydrogens is 410 g/mol. The maximum Gasteiger partial charge on any atom is 0.196 e. The van der Waals surface area contributed by atoms with Crippen LogP contribution in [0.15, 0.2) is 64.5 Å². The van der Waals surface area contributed by atoms with E-state index in [1.165, 1.54) is 12.8 Å². The predicted octanol–water partition coefficient (Wildman–Crippen LogP) is 4.85. The Kier molecular flexibility index (Phi) is 4.05. The van der Waals surface area contributed by atoms with Crippen LogP contribution in [0.2, 0.25) is 0 Å². The molecule has 3 heterocycles. The summed E-state index contributed by atoms with van der Waals surface area (Å²) in [5.41, 5.74) is 3.11. The highest BCUT2D eigenvalue weighted by molar-refractivity contribution is 9.10. The van der Waals surface area contributed by atoms with Crippen LogP contribution in [0.3, 0.4) is 0 Å². The van der Waals surface area contributed by atoms with E-state index in [0.29, 0.717) is 5.92 Å². The highest BCUT2D eigenvalue weighted by atomic mass is 79.9. The van der Waals surface area contributed by atoms with Gasteiger partial charge in [0, 0.05) is 34.2 Å². The number of hydrogen-bond acceptors (Lipinski definition) is 4. The van der Waals surface area contributed by atoms with E-state index < -0.39 is 0 Å². The van der Waals surface area contributed by atoms with Crippen LogP contribution in [0.4, 0.5) is 0 Å². The number of rotatable bonds is 5. The van der Waals surface area contributed by atoms with Gasteiger partial charge in [-0.3, -0.25) is 4.57 Å². The van der Waals surface area contributed by atoms with Crippen LogP contribution in [0.25, 0.3) is 11.3 Å². The number of fused-ring (bicyclic) bond motifs is 1. The van der Waals surface area contributed by atoms with Gasteiger partial charge in [0.25, 0.3) is 0 Å². The van der Waals surface area contributed by atoms with Gasteiger partial charge in [-0.05, 0) is 53.0 Å². The second kappa shape index (κ2) is 6.55. The van der Waals surface area contributed by atoms with Crippen molar-refractivity contribution in [3.63, 3.8) is 0 Å². The minimum Gasteiger partial charge on any atom is -0.306 e. The molecule has 3 aromatic heterocycles. The Morgan fingerprint density at radius 1 is 1.04 bits per heavy atom. The number of nitrogens with zero attached hydrogens (tertiary/aromatic N) is 5. The van der Waals surface area contributed by atoms with Crippen LogP contribution in [0.1, 0.15) is 30.3 Å². The second-order valence-electron chi connectivity index (χ2n) is 6.42. The molecule has 0 bridgehead atoms. The highest BCUT2D eigenvalue weighted by Gasteiger charge is 2.31. The Hall–Kier alpha value is -2.12. The van der Waals surface area contributed by atoms with Crippen LogP contribution >= 0.6 is 27.7 Å². The Bertz CT molecular complexity index is 1070. The molecule has 1 fully saturated rings. The summed E-state index contributed by atoms with van der Waals surface area (Å²) >= 11 is 5.18. The lowest BCUT2D eigenvalue weighted by molar-refractivity contribution is 0.829. The van der Waals surface area contributed by atoms with E-state index in [4.69, 9.17) is 0 Å². The molecule has 0 unspecified atom stereocenters. The smallest absolute Gasteiger partial charge is 0.196 e. The standard InChI is InChI=1S/C19H16BrN5S/c20-14-8-9-17-21-15(11-24(17)10-14)12-26-19-23-22-18(13-6-7-13)25(19)16-4-2-1-3-5-16/h1-5,8-11,13H,6-7,12H2. The molecule has 0 aliphatic heterocycles. The quantitative estimate of drug-likeness (QED) is 0.428. The van der Waals surface area contributed by atoms with Gasteiger partial charge in [-0.2, -0.15) is 0 Å². The third-order valence-corrected chi connectivity index (χ3v) is 5.86. The van der Waals surface area contributed by atoms with Crippen molar-refractivity contribution in [1.82, 2.24) is 24.1 Å². The Labute approximate surface area is 163 Å². The summed E-state index contributed by atoms with van der Waals surface area (Å²) < 4.78 is 5.28. The summed E-state index contributed by atoms with van der Waals surface area (Å²) in [7, 11) is 0. The van der Waals surface area contributed by atoms with Crippen molar-refractivity contribution in [3.05, 3.63) is 70.8 Å². The van der Waals surface area contributed by atoms with E-state index in [1.807, 2.05) is 28.8 Å². The largest absolute Gasteiger partial charge is 0.306 e. The third-order valence-electron chi connectivity index (χ3n) is 4.43. The molecule has 0 spiro atoms. The number of para-hydroxylation sites is 1. The molecule has 7 heteroatoms. The lowest BCUT2D eigenvalue weighted by atomic mass is 10.3. The average Bonchev–Trinajstić information content (AvgIpc) is 3.29. The number of hydrogen-bond donors (Lipinski definition) is 0. The summed E-state index contributed by atoms with van der Waals surface area (Å²) in [5, 5.41) is 9.88. The van der Waals surface area contributed by atoms with Gasteiger partial charge in [-0.1, -0.05) is 30.0 Å². The Morgan fingerprint density at radius 2 is 1.88 bits per heavy atom. The molecule has 0 radical (unpaired) electrons. The predicted molar refractivity (Wildman–Crippen MR) is 106 cm³/mol. The van der Waals surface area contributed by atoms with Crippen molar-refractivity contribution in [2.24, 2.45) is 0 Å². The monoisotopic (exact) mass is 425 g/mol. The van der Waals surface area contributed by atoms with E-state index in [9.17, 15) is 0 Å². The van der Waals surface area contributed by atoms with Gasteiger partial charge in [0.2, 0.25) is 0 Å². The van der Waals surface area contributed by atoms with E-state index in [-0.39, 0.29) is 0 Å². The fourth-order valence-corrected chi connectivity index (χ4v) is 4.22. The third kappa shape index (κ3) is 3.05. The molecule has 0 saturated heterocycles. The van der Waals surface area contributed by atoms with Gasteiger partial charge in [-0.25, -0.2) is 4.98 Å². The molecule has 0 amide bonds. The van der Waals surface area contributed by atoms with Crippen LogP contribution in [0.5, 0.6) is 0 Å². The molecule has 1 aromatic carbocycles. The zero-order valence-electron chi connectivity index (χ0n) is 13.9. The normalized spacial score (nSPS) is 14.2. The van der Waals surface area contributed by atoms with Gasteiger partial charge in [0.1, 0.15) is 11.5 Å². The first kappa shape index (κ1) is 16.1. The van der Waals surface area contributed by atoms with Gasteiger partial charge >= 0.3 is 0 Å². The summed E-state index contributed by atoms with van der Waals surface area (Å²) in [5.74, 6) is 2.39. The van der Waals surface area contributed by atoms with E-state index in [0.717, 1.165) is 38.2 Å². The van der Waals surface area contributed by atoms with Crippen molar-refractivity contribution < 1.29 is 0 Å². The molecule has 0 atom stereocenters. The van der Waals surface area contributed by atoms with E-state index in [2.05, 4.69) is 66.1 Å². The summed E-state index contributed by atoms with van der Waals surface area (Å²) in [6.45, 7) is 0. The van der Waals surface area contributed by atoms with Crippen molar-refractivity contribution in [2.75, 3.05) is 0 Å². The van der Waals surface area contributed by atoms with Crippen LogP contribution < -0.4 is 0 Å². The number of thioether (sulfide) groups is 1. The van der Waals surface area contributed by atoms with Crippen LogP contribution in [0, 0.1) is 0 Å². The molecule has 0 N–H and O–H groups in total. The maximum atomic E-state index is 4.69. The summed E-state index contributed by atoms with van der Waals surface area (Å²) in [6, 6.07) is 14.4. The molecule has 26 heavy (non-hydrogen) atoms. The second-order valence-corrected chi connectivity index (χ2v) is 8.28. The average molecular weight is 426 g/mol. The SMILES string of the molecule is Brc1ccc2nc(CSc3nnc(C4CC4)n3-c3ccccc3)cn2c1. The minimum absolute atomic E-state index is 0.546. The highest BCUT2D eigenvalue weighted by Crippen LogP contribution is 2.41. The van der Waals surface area contributed by atoms with E-state index in [1.54, 1.807) is 11.8 Å². The number of benzene rings is 1. The molecule has 5 rings (SSSR count). The topological polar surface area (TPSA) is 48.0 Å². The minimum atomic E-state index is 0.546. The fourth-order valence-electron chi connectivity index (χ4n) is 3.03. The maximum absolute atomic E-state index is 4.69. The van der Waals surface area contributed by atoms with Gasteiger partial charge in [0.15, 0.2) is 5.16 Å². The van der Waals surface area contributed by atoms with Gasteiger partial charge < -0.3 is 4.40 Å². The lowest BCUT2D eigenvalue weighted by Crippen LogP contribution is -2.01. The van der Waals surface area contributed by atoms with Crippen LogP contribution in [-0.4, -0.2) is 24.1 Å². The summed E-state index contributed by atoms with van der Waals surface area (Å²) in [4.78, 5) is 4.69. The number of aromatic nitrogens is 5. The molecule has 1 saturated carbocycles. The summed E-state index contributed by atoms with van der Waals surface area (Å²) in [6.07, 6.45) is 6.50. The first-order chi connectivity index (χ1) is 12.8. The van der Waals surface area contributed by atoms with Gasteiger partial charge in [0.05, 0.1) is 5.69 Å². The Balaban J connectivity index is 1.44. The molecule has 1 aliphatic rings. The Morgan fingerprint density at radius 3 is 2.69 bits per heavy atom. The molecule has 5 nitrogen and oxygen atoms in total. The number of halogens is 1. The first-order valence-corrected chi connectivity index (χ1v) is 10.3. The molecular formula is C19H16BrN5S. The van der Waals surface area contributed by atoms with Crippen molar-refractivity contribution >= 4 is 33.3 Å². The zero-order chi connectivity index (χ0) is 17.5. The lowest BCUT2D eigenvalue weighted by Gasteiger charge is -2.09. The number of pyridine rings is 1. The van der Waals surface area contributed by atoms with Crippen molar-refractivity contribution in [3.8, 4) is 5.69 Å². The zero-order valence-corrected chi connectivity index (χ0v) is 16.3. The van der Waals surface area contributed by atoms with E-state index >= 15 is 0 Å².